The molecule has 0 radical (unpaired) electrons. The predicted molar refractivity (Wildman–Crippen MR) is 80.5 cm³/mol. The molecule has 3 fully saturated rings. The number of ether oxygens (including phenoxy) is 1. The molecule has 1 saturated heterocycles. The van der Waals surface area contributed by atoms with E-state index in [0.29, 0.717) is 23.7 Å². The molecule has 1 spiro atoms. The number of carbonyl (C=O) groups excluding carboxylic acids is 1. The maximum absolute atomic E-state index is 12.1. The first-order valence-electron chi connectivity index (χ1n) is 8.65. The molecule has 2 nitrogen and oxygen atoms in total. The summed E-state index contributed by atoms with van der Waals surface area (Å²) in [5, 5.41) is 0. The number of fused-ring (bicyclic) bond motifs is 2. The molecule has 0 amide bonds. The van der Waals surface area contributed by atoms with Gasteiger partial charge in [0.25, 0.3) is 0 Å². The molecule has 114 valence electrons. The second-order valence-electron chi connectivity index (χ2n) is 7.85. The Morgan fingerprint density at radius 3 is 2.75 bits per heavy atom. The topological polar surface area (TPSA) is 26.3 Å². The fourth-order valence-corrected chi connectivity index (χ4v) is 5.91. The first-order valence-corrected chi connectivity index (χ1v) is 8.65. The number of carbonyl (C=O) groups is 1. The number of Topliss-reactive ketones (excluding diaryl/α,β-unsaturated/α-hetero) is 1. The Hall–Kier alpha value is -0.370. The average molecular weight is 278 g/mol. The third-order valence-electron chi connectivity index (χ3n) is 6.70. The lowest BCUT2D eigenvalue weighted by Gasteiger charge is -2.52. The molecule has 6 atom stereocenters. The molecule has 0 aromatic rings. The van der Waals surface area contributed by atoms with E-state index in [9.17, 15) is 4.79 Å². The van der Waals surface area contributed by atoms with Gasteiger partial charge in [0.15, 0.2) is 0 Å². The van der Waals surface area contributed by atoms with Crippen LogP contribution in [-0.2, 0) is 9.53 Å². The van der Waals surface area contributed by atoms with Gasteiger partial charge in [-0.1, -0.05) is 33.6 Å². The van der Waals surface area contributed by atoms with Crippen molar-refractivity contribution < 1.29 is 9.53 Å². The second kappa shape index (κ2) is 4.83. The highest BCUT2D eigenvalue weighted by Gasteiger charge is 2.72. The van der Waals surface area contributed by atoms with E-state index in [1.807, 2.05) is 0 Å². The lowest BCUT2D eigenvalue weighted by molar-refractivity contribution is -0.138. The predicted octanol–water partition coefficient (Wildman–Crippen LogP) is 4.37. The average Bonchev–Trinajstić information content (AvgIpc) is 3.09. The molecule has 0 aromatic heterocycles. The van der Waals surface area contributed by atoms with Crippen LogP contribution in [0.5, 0.6) is 0 Å². The molecule has 1 heterocycles. The molecule has 2 aliphatic carbocycles. The summed E-state index contributed by atoms with van der Waals surface area (Å²) in [6.07, 6.45) is 8.00. The number of unbranched alkanes of at least 4 members (excludes halogenated alkanes) is 1. The zero-order valence-corrected chi connectivity index (χ0v) is 13.6. The molecule has 0 N–H and O–H groups in total. The van der Waals surface area contributed by atoms with Crippen LogP contribution in [0.4, 0.5) is 0 Å². The molecule has 20 heavy (non-hydrogen) atoms. The quantitative estimate of drug-likeness (QED) is 0.766. The summed E-state index contributed by atoms with van der Waals surface area (Å²) in [7, 11) is 0. The van der Waals surface area contributed by atoms with Gasteiger partial charge in [-0.2, -0.15) is 0 Å². The van der Waals surface area contributed by atoms with E-state index < -0.39 is 0 Å². The Morgan fingerprint density at radius 1 is 1.30 bits per heavy atom. The van der Waals surface area contributed by atoms with E-state index in [4.69, 9.17) is 4.74 Å². The largest absolute Gasteiger partial charge is 0.371 e. The summed E-state index contributed by atoms with van der Waals surface area (Å²) >= 11 is 0. The Kier molecular flexibility index (Phi) is 3.52. The van der Waals surface area contributed by atoms with Crippen molar-refractivity contribution in [2.75, 3.05) is 0 Å². The van der Waals surface area contributed by atoms with Gasteiger partial charge in [-0.15, -0.1) is 0 Å². The van der Waals surface area contributed by atoms with Gasteiger partial charge in [0.1, 0.15) is 5.78 Å². The summed E-state index contributed by atoms with van der Waals surface area (Å²) in [6.45, 7) is 9.34. The van der Waals surface area contributed by atoms with Crippen LogP contribution >= 0.6 is 0 Å². The van der Waals surface area contributed by atoms with E-state index in [1.165, 1.54) is 25.7 Å². The maximum Gasteiger partial charge on any atom is 0.133 e. The van der Waals surface area contributed by atoms with E-state index in [-0.39, 0.29) is 11.0 Å². The highest BCUT2D eigenvalue weighted by atomic mass is 16.5. The highest BCUT2D eigenvalue weighted by molar-refractivity contribution is 5.79. The minimum Gasteiger partial charge on any atom is -0.371 e. The van der Waals surface area contributed by atoms with E-state index in [1.54, 1.807) is 0 Å². The third kappa shape index (κ3) is 1.83. The number of hydrogen-bond acceptors (Lipinski definition) is 2. The Labute approximate surface area is 123 Å². The first-order chi connectivity index (χ1) is 9.45. The molecule has 2 heteroatoms. The number of hydrogen-bond donors (Lipinski definition) is 0. The molecule has 3 aliphatic rings. The monoisotopic (exact) mass is 278 g/mol. The normalized spacial score (nSPS) is 51.1. The molecular formula is C18H30O2. The molecule has 0 bridgehead atoms. The van der Waals surface area contributed by atoms with Gasteiger partial charge in [0, 0.05) is 18.3 Å². The van der Waals surface area contributed by atoms with Gasteiger partial charge in [0.05, 0.1) is 11.7 Å². The van der Waals surface area contributed by atoms with Crippen molar-refractivity contribution in [3.05, 3.63) is 0 Å². The Balaban J connectivity index is 1.98. The van der Waals surface area contributed by atoms with Gasteiger partial charge in [-0.05, 0) is 43.9 Å². The second-order valence-corrected chi connectivity index (χ2v) is 7.85. The smallest absolute Gasteiger partial charge is 0.133 e. The highest BCUT2D eigenvalue weighted by Crippen LogP contribution is 2.71. The van der Waals surface area contributed by atoms with Gasteiger partial charge in [0.2, 0.25) is 0 Å². The van der Waals surface area contributed by atoms with Crippen LogP contribution in [0.3, 0.4) is 0 Å². The van der Waals surface area contributed by atoms with Crippen LogP contribution in [0.25, 0.3) is 0 Å². The van der Waals surface area contributed by atoms with Gasteiger partial charge in [-0.3, -0.25) is 4.79 Å². The number of rotatable bonds is 3. The van der Waals surface area contributed by atoms with Gasteiger partial charge < -0.3 is 4.74 Å². The van der Waals surface area contributed by atoms with Gasteiger partial charge >= 0.3 is 0 Å². The third-order valence-corrected chi connectivity index (χ3v) is 6.70. The summed E-state index contributed by atoms with van der Waals surface area (Å²) < 4.78 is 6.54. The van der Waals surface area contributed by atoms with Crippen molar-refractivity contribution in [2.24, 2.45) is 23.2 Å². The van der Waals surface area contributed by atoms with Crippen LogP contribution in [0.2, 0.25) is 0 Å². The Morgan fingerprint density at radius 2 is 2.05 bits per heavy atom. The van der Waals surface area contributed by atoms with Crippen LogP contribution in [-0.4, -0.2) is 17.5 Å². The summed E-state index contributed by atoms with van der Waals surface area (Å²) in [6, 6.07) is 0. The van der Waals surface area contributed by atoms with E-state index in [0.717, 1.165) is 25.2 Å². The fraction of sp³-hybridized carbons (Fsp3) is 0.944. The first kappa shape index (κ1) is 14.6. The summed E-state index contributed by atoms with van der Waals surface area (Å²) in [5.74, 6) is 2.29. The molecule has 0 aromatic carbocycles. The molecular weight excluding hydrogens is 248 g/mol. The summed E-state index contributed by atoms with van der Waals surface area (Å²) in [5.41, 5.74) is 0.249. The zero-order valence-electron chi connectivity index (χ0n) is 13.6. The van der Waals surface area contributed by atoms with Crippen LogP contribution < -0.4 is 0 Å². The van der Waals surface area contributed by atoms with Crippen molar-refractivity contribution in [1.29, 1.82) is 0 Å². The summed E-state index contributed by atoms with van der Waals surface area (Å²) in [4.78, 5) is 12.1. The zero-order chi connectivity index (χ0) is 14.5. The van der Waals surface area contributed by atoms with Crippen molar-refractivity contribution in [3.8, 4) is 0 Å². The standard InChI is InChI=1S/C18H30O2/c1-5-6-9-17(4)18(15-11-16(15)20-17)12(2)7-8-14(19)10-13(18)3/h12-13,15-16H,5-11H2,1-4H3. The SMILES string of the molecule is CCCCC1(C)OC2CC2C12C(C)CCC(=O)CC2C. The fourth-order valence-electron chi connectivity index (χ4n) is 5.91. The maximum atomic E-state index is 12.1. The van der Waals surface area contributed by atoms with Crippen molar-refractivity contribution in [3.63, 3.8) is 0 Å². The Bertz CT molecular complexity index is 404. The minimum atomic E-state index is 0.0000463. The van der Waals surface area contributed by atoms with Crippen molar-refractivity contribution >= 4 is 5.78 Å². The van der Waals surface area contributed by atoms with Crippen LogP contribution in [0, 0.1) is 23.2 Å². The van der Waals surface area contributed by atoms with E-state index >= 15 is 0 Å². The molecule has 6 unspecified atom stereocenters. The molecule has 3 rings (SSSR count). The van der Waals surface area contributed by atoms with E-state index in [2.05, 4.69) is 27.7 Å². The van der Waals surface area contributed by atoms with Gasteiger partial charge in [-0.25, -0.2) is 0 Å². The van der Waals surface area contributed by atoms with Crippen molar-refractivity contribution in [2.45, 2.75) is 84.3 Å². The molecule has 1 aliphatic heterocycles. The van der Waals surface area contributed by atoms with Crippen LogP contribution in [0.1, 0.15) is 72.6 Å². The minimum absolute atomic E-state index is 0.0000463. The van der Waals surface area contributed by atoms with Crippen LogP contribution in [0.15, 0.2) is 0 Å². The number of ketones is 1. The van der Waals surface area contributed by atoms with Crippen molar-refractivity contribution in [1.82, 2.24) is 0 Å². The lowest BCUT2D eigenvalue weighted by atomic mass is 9.55. The molecule has 2 saturated carbocycles. The lowest BCUT2D eigenvalue weighted by Crippen LogP contribution is -2.53.